The van der Waals surface area contributed by atoms with Crippen molar-refractivity contribution in [1.82, 2.24) is 9.97 Å². The fourth-order valence-electron chi connectivity index (χ4n) is 2.07. The highest BCUT2D eigenvalue weighted by Gasteiger charge is 2.31. The van der Waals surface area contributed by atoms with Gasteiger partial charge < -0.3 is 9.72 Å². The molecule has 3 nitrogen and oxygen atoms in total. The van der Waals surface area contributed by atoms with E-state index in [1.165, 1.54) is 18.2 Å². The number of nitrogens with one attached hydrogen (secondary N) is 1. The Labute approximate surface area is 112 Å². The van der Waals surface area contributed by atoms with E-state index in [-0.39, 0.29) is 5.75 Å². The highest BCUT2D eigenvalue weighted by Crippen LogP contribution is 2.31. The molecule has 102 valence electrons. The first kappa shape index (κ1) is 12.5. The van der Waals surface area contributed by atoms with Crippen LogP contribution in [0.15, 0.2) is 48.8 Å². The van der Waals surface area contributed by atoms with E-state index in [1.54, 1.807) is 24.5 Å². The number of benzene rings is 1. The van der Waals surface area contributed by atoms with Gasteiger partial charge in [0.25, 0.3) is 0 Å². The number of alkyl halides is 3. The highest BCUT2D eigenvalue weighted by molar-refractivity contribution is 5.92. The van der Waals surface area contributed by atoms with E-state index in [4.69, 9.17) is 0 Å². The lowest BCUT2D eigenvalue weighted by Crippen LogP contribution is -2.17. The normalized spacial score (nSPS) is 11.8. The van der Waals surface area contributed by atoms with Crippen molar-refractivity contribution in [3.8, 4) is 16.9 Å². The summed E-state index contributed by atoms with van der Waals surface area (Å²) in [6.07, 6.45) is -1.36. The number of fused-ring (bicyclic) bond motifs is 1. The second-order valence-corrected chi connectivity index (χ2v) is 4.17. The van der Waals surface area contributed by atoms with E-state index in [2.05, 4.69) is 14.7 Å². The van der Waals surface area contributed by atoms with Crippen LogP contribution in [0, 0.1) is 0 Å². The van der Waals surface area contributed by atoms with Gasteiger partial charge in [-0.3, -0.25) is 0 Å². The summed E-state index contributed by atoms with van der Waals surface area (Å²) < 4.78 is 40.7. The van der Waals surface area contributed by atoms with Crippen LogP contribution in [0.3, 0.4) is 0 Å². The molecule has 6 heteroatoms. The standard InChI is InChI=1S/C14H9F3N2O/c15-14(16,17)20-10-3-1-2-9(8-10)11-4-6-18-13-12(11)5-7-19-13/h1-8H,(H,18,19). The van der Waals surface area contributed by atoms with Crippen molar-refractivity contribution < 1.29 is 17.9 Å². The van der Waals surface area contributed by atoms with E-state index in [0.717, 1.165) is 10.9 Å². The van der Waals surface area contributed by atoms with Crippen LogP contribution in [-0.4, -0.2) is 16.3 Å². The SMILES string of the molecule is FC(F)(F)Oc1cccc(-c2ccnc3[nH]ccc23)c1. The molecule has 2 aromatic heterocycles. The minimum atomic E-state index is -4.69. The molecule has 0 aliphatic carbocycles. The molecule has 2 heterocycles. The Bertz CT molecular complexity index is 749. The van der Waals surface area contributed by atoms with Crippen LogP contribution in [0.5, 0.6) is 5.75 Å². The third-order valence-electron chi connectivity index (χ3n) is 2.84. The molecule has 1 N–H and O–H groups in total. The summed E-state index contributed by atoms with van der Waals surface area (Å²) in [5.41, 5.74) is 2.12. The van der Waals surface area contributed by atoms with E-state index >= 15 is 0 Å². The van der Waals surface area contributed by atoms with Crippen LogP contribution < -0.4 is 4.74 Å². The highest BCUT2D eigenvalue weighted by atomic mass is 19.4. The zero-order chi connectivity index (χ0) is 14.2. The Morgan fingerprint density at radius 1 is 1.10 bits per heavy atom. The third kappa shape index (κ3) is 2.45. The second kappa shape index (κ2) is 4.56. The maximum atomic E-state index is 12.2. The Kier molecular flexibility index (Phi) is 2.85. The molecular weight excluding hydrogens is 269 g/mol. The molecule has 0 unspecified atom stereocenters. The monoisotopic (exact) mass is 278 g/mol. The summed E-state index contributed by atoms with van der Waals surface area (Å²) in [7, 11) is 0. The lowest BCUT2D eigenvalue weighted by molar-refractivity contribution is -0.274. The van der Waals surface area contributed by atoms with Gasteiger partial charge in [-0.1, -0.05) is 12.1 Å². The van der Waals surface area contributed by atoms with Gasteiger partial charge in [0.15, 0.2) is 0 Å². The van der Waals surface area contributed by atoms with E-state index < -0.39 is 6.36 Å². The summed E-state index contributed by atoms with van der Waals surface area (Å²) in [4.78, 5) is 7.10. The fraction of sp³-hybridized carbons (Fsp3) is 0.0714. The van der Waals surface area contributed by atoms with Crippen molar-refractivity contribution in [3.63, 3.8) is 0 Å². The van der Waals surface area contributed by atoms with Gasteiger partial charge in [-0.25, -0.2) is 4.98 Å². The molecule has 0 aliphatic rings. The molecule has 0 amide bonds. The minimum absolute atomic E-state index is 0.240. The molecule has 20 heavy (non-hydrogen) atoms. The molecule has 3 aromatic rings. The number of aromatic amines is 1. The van der Waals surface area contributed by atoms with Crippen molar-refractivity contribution in [3.05, 3.63) is 48.8 Å². The van der Waals surface area contributed by atoms with Gasteiger partial charge in [0.05, 0.1) is 0 Å². The van der Waals surface area contributed by atoms with Gasteiger partial charge in [0, 0.05) is 17.8 Å². The largest absolute Gasteiger partial charge is 0.573 e. The summed E-state index contributed by atoms with van der Waals surface area (Å²) in [6.45, 7) is 0. The van der Waals surface area contributed by atoms with E-state index in [0.29, 0.717) is 11.2 Å². The quantitative estimate of drug-likeness (QED) is 0.765. The van der Waals surface area contributed by atoms with Crippen LogP contribution >= 0.6 is 0 Å². The van der Waals surface area contributed by atoms with Crippen LogP contribution in [0.4, 0.5) is 13.2 Å². The molecule has 0 bridgehead atoms. The summed E-state index contributed by atoms with van der Waals surface area (Å²) in [5.74, 6) is -0.240. The van der Waals surface area contributed by atoms with Gasteiger partial charge in [-0.2, -0.15) is 0 Å². The molecule has 0 aliphatic heterocycles. The number of hydrogen-bond donors (Lipinski definition) is 1. The van der Waals surface area contributed by atoms with Gasteiger partial charge in [0.1, 0.15) is 11.4 Å². The molecular formula is C14H9F3N2O. The first-order valence-electron chi connectivity index (χ1n) is 5.81. The molecule has 3 rings (SSSR count). The van der Waals surface area contributed by atoms with Crippen molar-refractivity contribution >= 4 is 11.0 Å². The third-order valence-corrected chi connectivity index (χ3v) is 2.84. The van der Waals surface area contributed by atoms with Gasteiger partial charge in [-0.15, -0.1) is 13.2 Å². The summed E-state index contributed by atoms with van der Waals surface area (Å²) in [6, 6.07) is 9.46. The average Bonchev–Trinajstić information content (AvgIpc) is 2.85. The zero-order valence-corrected chi connectivity index (χ0v) is 10.1. The number of aromatic nitrogens is 2. The number of H-pyrrole nitrogens is 1. The number of pyridine rings is 1. The zero-order valence-electron chi connectivity index (χ0n) is 10.1. The van der Waals surface area contributed by atoms with Gasteiger partial charge >= 0.3 is 6.36 Å². The maximum Gasteiger partial charge on any atom is 0.573 e. The molecule has 0 spiro atoms. The molecule has 0 fully saturated rings. The predicted octanol–water partition coefficient (Wildman–Crippen LogP) is 4.13. The number of rotatable bonds is 2. The fourth-order valence-corrected chi connectivity index (χ4v) is 2.07. The van der Waals surface area contributed by atoms with Crippen molar-refractivity contribution in [1.29, 1.82) is 0 Å². The molecule has 0 radical (unpaired) electrons. The van der Waals surface area contributed by atoms with Gasteiger partial charge in [0.2, 0.25) is 0 Å². The first-order chi connectivity index (χ1) is 9.53. The van der Waals surface area contributed by atoms with Crippen molar-refractivity contribution in [2.24, 2.45) is 0 Å². The maximum absolute atomic E-state index is 12.2. The summed E-state index contributed by atoms with van der Waals surface area (Å²) in [5, 5.41) is 0.844. The smallest absolute Gasteiger partial charge is 0.406 e. The van der Waals surface area contributed by atoms with E-state index in [9.17, 15) is 13.2 Å². The Morgan fingerprint density at radius 3 is 2.75 bits per heavy atom. The average molecular weight is 278 g/mol. The Balaban J connectivity index is 2.06. The Morgan fingerprint density at radius 2 is 1.95 bits per heavy atom. The van der Waals surface area contributed by atoms with Crippen LogP contribution in [0.1, 0.15) is 0 Å². The van der Waals surface area contributed by atoms with Crippen LogP contribution in [-0.2, 0) is 0 Å². The van der Waals surface area contributed by atoms with Crippen LogP contribution in [0.25, 0.3) is 22.2 Å². The lowest BCUT2D eigenvalue weighted by Gasteiger charge is -2.10. The lowest BCUT2D eigenvalue weighted by atomic mass is 10.0. The molecule has 0 atom stereocenters. The van der Waals surface area contributed by atoms with E-state index in [1.807, 2.05) is 6.07 Å². The van der Waals surface area contributed by atoms with Crippen LogP contribution in [0.2, 0.25) is 0 Å². The molecule has 0 saturated heterocycles. The molecule has 0 saturated carbocycles. The first-order valence-corrected chi connectivity index (χ1v) is 5.81. The Hall–Kier alpha value is -2.50. The number of nitrogens with zero attached hydrogens (tertiary/aromatic N) is 1. The predicted molar refractivity (Wildman–Crippen MR) is 68.2 cm³/mol. The minimum Gasteiger partial charge on any atom is -0.406 e. The number of halogens is 3. The number of hydrogen-bond acceptors (Lipinski definition) is 2. The summed E-state index contributed by atoms with van der Waals surface area (Å²) >= 11 is 0. The van der Waals surface area contributed by atoms with Crippen molar-refractivity contribution in [2.45, 2.75) is 6.36 Å². The van der Waals surface area contributed by atoms with Gasteiger partial charge in [-0.05, 0) is 35.4 Å². The topological polar surface area (TPSA) is 37.9 Å². The number of ether oxygens (including phenoxy) is 1. The second-order valence-electron chi connectivity index (χ2n) is 4.17. The van der Waals surface area contributed by atoms with Crippen molar-refractivity contribution in [2.75, 3.05) is 0 Å². The molecule has 1 aromatic carbocycles.